The molecule has 0 aliphatic rings. The van der Waals surface area contributed by atoms with Gasteiger partial charge in [-0.2, -0.15) is 20.1 Å². The maximum absolute atomic E-state index is 12.5. The van der Waals surface area contributed by atoms with Crippen LogP contribution in [0.4, 0.5) is 11.9 Å². The monoisotopic (exact) mass is 372 g/mol. The van der Waals surface area contributed by atoms with E-state index in [9.17, 15) is 4.79 Å². The lowest BCUT2D eigenvalue weighted by atomic mass is 10.2. The fourth-order valence-electron chi connectivity index (χ4n) is 2.21. The summed E-state index contributed by atoms with van der Waals surface area (Å²) >= 11 is 6.17. The fourth-order valence-corrected chi connectivity index (χ4v) is 2.41. The Balaban J connectivity index is 1.78. The Kier molecular flexibility index (Phi) is 4.99. The van der Waals surface area contributed by atoms with Gasteiger partial charge >= 0.3 is 0 Å². The normalized spacial score (nSPS) is 10.6. The van der Waals surface area contributed by atoms with E-state index < -0.39 is 0 Å². The van der Waals surface area contributed by atoms with Crippen LogP contribution in [-0.2, 0) is 6.54 Å². The van der Waals surface area contributed by atoms with Gasteiger partial charge < -0.3 is 16.0 Å². The molecular weight excluding hydrogens is 356 g/mol. The topological polar surface area (TPSA) is 115 Å². The van der Waals surface area contributed by atoms with Crippen molar-refractivity contribution in [3.05, 3.63) is 53.1 Å². The number of benzene rings is 1. The highest BCUT2D eigenvalue weighted by atomic mass is 35.5. The van der Waals surface area contributed by atoms with Gasteiger partial charge in [0.2, 0.25) is 11.9 Å². The van der Waals surface area contributed by atoms with Crippen LogP contribution in [0.5, 0.6) is 0 Å². The van der Waals surface area contributed by atoms with Crippen molar-refractivity contribution in [1.82, 2.24) is 30.0 Å². The first kappa shape index (κ1) is 17.6. The molecule has 0 saturated carbocycles. The van der Waals surface area contributed by atoms with Gasteiger partial charge in [-0.25, -0.2) is 4.68 Å². The molecule has 1 amide bonds. The molecule has 2 heterocycles. The lowest BCUT2D eigenvalue weighted by Crippen LogP contribution is -2.25. The quantitative estimate of drug-likeness (QED) is 0.693. The molecule has 26 heavy (non-hydrogen) atoms. The van der Waals surface area contributed by atoms with Crippen LogP contribution >= 0.6 is 11.6 Å². The van der Waals surface area contributed by atoms with E-state index in [2.05, 4.69) is 25.4 Å². The van der Waals surface area contributed by atoms with E-state index in [1.807, 2.05) is 0 Å². The van der Waals surface area contributed by atoms with Crippen molar-refractivity contribution in [1.29, 1.82) is 0 Å². The molecule has 134 valence electrons. The Hall–Kier alpha value is -3.20. The number of nitrogens with zero attached hydrogens (tertiary/aromatic N) is 6. The predicted octanol–water partition coefficient (Wildman–Crippen LogP) is 1.29. The summed E-state index contributed by atoms with van der Waals surface area (Å²) < 4.78 is 1.64. The molecule has 0 unspecified atom stereocenters. The zero-order valence-corrected chi connectivity index (χ0v) is 15.0. The molecule has 3 rings (SSSR count). The van der Waals surface area contributed by atoms with Crippen LogP contribution in [0.2, 0.25) is 5.02 Å². The minimum absolute atomic E-state index is 0.0895. The molecule has 0 bridgehead atoms. The minimum Gasteiger partial charge on any atom is -0.368 e. The number of nitrogen functional groups attached to an aromatic ring is 1. The van der Waals surface area contributed by atoms with Gasteiger partial charge in [0.05, 0.1) is 22.8 Å². The largest absolute Gasteiger partial charge is 0.368 e. The van der Waals surface area contributed by atoms with Crippen molar-refractivity contribution in [2.24, 2.45) is 0 Å². The van der Waals surface area contributed by atoms with Gasteiger partial charge in [-0.3, -0.25) is 4.79 Å². The molecular formula is C16H17ClN8O. The highest BCUT2D eigenvalue weighted by Crippen LogP contribution is 2.19. The van der Waals surface area contributed by atoms with Gasteiger partial charge in [0, 0.05) is 26.5 Å². The molecule has 0 aliphatic heterocycles. The number of anilines is 2. The lowest BCUT2D eigenvalue weighted by molar-refractivity contribution is 0.0950. The van der Waals surface area contributed by atoms with E-state index in [1.165, 1.54) is 0 Å². The summed E-state index contributed by atoms with van der Waals surface area (Å²) in [6, 6.07) is 6.89. The molecule has 0 saturated heterocycles. The Morgan fingerprint density at radius 3 is 2.81 bits per heavy atom. The zero-order valence-electron chi connectivity index (χ0n) is 14.2. The van der Waals surface area contributed by atoms with Gasteiger partial charge in [-0.1, -0.05) is 11.6 Å². The molecule has 3 aromatic rings. The summed E-state index contributed by atoms with van der Waals surface area (Å²) in [5, 5.41) is 7.22. The smallest absolute Gasteiger partial charge is 0.253 e. The number of hydrogen-bond donors (Lipinski definition) is 2. The van der Waals surface area contributed by atoms with Gasteiger partial charge in [0.1, 0.15) is 0 Å². The van der Waals surface area contributed by atoms with Gasteiger partial charge in [0.15, 0.2) is 5.82 Å². The SMILES string of the molecule is CN(C)c1nc(N)nc(CNC(=O)c2cc(-n3cccn3)ccc2Cl)n1. The van der Waals surface area contributed by atoms with Crippen LogP contribution in [0.3, 0.4) is 0 Å². The maximum atomic E-state index is 12.5. The number of nitrogens with two attached hydrogens (primary N) is 1. The molecule has 0 spiro atoms. The van der Waals surface area contributed by atoms with E-state index in [1.54, 1.807) is 60.3 Å². The van der Waals surface area contributed by atoms with Crippen LogP contribution in [0.15, 0.2) is 36.7 Å². The first-order chi connectivity index (χ1) is 12.4. The third-order valence-electron chi connectivity index (χ3n) is 3.46. The third kappa shape index (κ3) is 3.89. The van der Waals surface area contributed by atoms with Gasteiger partial charge in [0.25, 0.3) is 5.91 Å². The Morgan fingerprint density at radius 2 is 2.12 bits per heavy atom. The minimum atomic E-state index is -0.352. The van der Waals surface area contributed by atoms with Crippen LogP contribution in [0.25, 0.3) is 5.69 Å². The molecule has 0 atom stereocenters. The number of aromatic nitrogens is 5. The van der Waals surface area contributed by atoms with Crippen LogP contribution in [-0.4, -0.2) is 44.7 Å². The molecule has 0 aliphatic carbocycles. The summed E-state index contributed by atoms with van der Waals surface area (Å²) in [6.45, 7) is 0.0920. The first-order valence-electron chi connectivity index (χ1n) is 7.69. The predicted molar refractivity (Wildman–Crippen MR) is 98.3 cm³/mol. The molecule has 9 nitrogen and oxygen atoms in total. The second kappa shape index (κ2) is 7.36. The average Bonchev–Trinajstić information content (AvgIpc) is 3.14. The van der Waals surface area contributed by atoms with Crippen molar-refractivity contribution in [3.63, 3.8) is 0 Å². The number of carbonyl (C=O) groups is 1. The summed E-state index contributed by atoms with van der Waals surface area (Å²) in [4.78, 5) is 26.5. The van der Waals surface area contributed by atoms with E-state index in [0.717, 1.165) is 5.69 Å². The summed E-state index contributed by atoms with van der Waals surface area (Å²) in [7, 11) is 3.58. The van der Waals surface area contributed by atoms with Crippen molar-refractivity contribution in [2.75, 3.05) is 24.7 Å². The van der Waals surface area contributed by atoms with Crippen molar-refractivity contribution in [2.45, 2.75) is 6.54 Å². The Bertz CT molecular complexity index is 926. The number of hydrogen-bond acceptors (Lipinski definition) is 7. The number of halogens is 1. The molecule has 0 radical (unpaired) electrons. The molecule has 10 heteroatoms. The standard InChI is InChI=1S/C16H17ClN8O/c1-24(2)16-22-13(21-15(18)23-16)9-19-14(26)11-8-10(4-5-12(11)17)25-7-3-6-20-25/h3-8H,9H2,1-2H3,(H,19,26)(H2,18,21,22,23). The molecule has 3 N–H and O–H groups in total. The highest BCUT2D eigenvalue weighted by molar-refractivity contribution is 6.33. The number of carbonyl (C=O) groups excluding carboxylic acids is 1. The average molecular weight is 373 g/mol. The van der Waals surface area contributed by atoms with Crippen LogP contribution in [0, 0.1) is 0 Å². The van der Waals surface area contributed by atoms with Crippen molar-refractivity contribution in [3.8, 4) is 5.69 Å². The van der Waals surface area contributed by atoms with E-state index >= 15 is 0 Å². The van der Waals surface area contributed by atoms with Crippen LogP contribution in [0.1, 0.15) is 16.2 Å². The van der Waals surface area contributed by atoms with E-state index in [-0.39, 0.29) is 18.4 Å². The first-order valence-corrected chi connectivity index (χ1v) is 8.07. The van der Waals surface area contributed by atoms with Crippen molar-refractivity contribution >= 4 is 29.4 Å². The second-order valence-electron chi connectivity index (χ2n) is 5.60. The highest BCUT2D eigenvalue weighted by Gasteiger charge is 2.13. The summed E-state index contributed by atoms with van der Waals surface area (Å²) in [5.74, 6) is 0.510. The fraction of sp³-hybridized carbons (Fsp3) is 0.188. The lowest BCUT2D eigenvalue weighted by Gasteiger charge is -2.12. The number of rotatable bonds is 5. The maximum Gasteiger partial charge on any atom is 0.253 e. The van der Waals surface area contributed by atoms with Gasteiger partial charge in [-0.05, 0) is 24.3 Å². The third-order valence-corrected chi connectivity index (χ3v) is 3.79. The van der Waals surface area contributed by atoms with Gasteiger partial charge in [-0.15, -0.1) is 0 Å². The van der Waals surface area contributed by atoms with Crippen LogP contribution < -0.4 is 16.0 Å². The zero-order chi connectivity index (χ0) is 18.7. The Morgan fingerprint density at radius 1 is 1.31 bits per heavy atom. The van der Waals surface area contributed by atoms with E-state index in [0.29, 0.717) is 22.4 Å². The van der Waals surface area contributed by atoms with E-state index in [4.69, 9.17) is 17.3 Å². The molecule has 1 aromatic carbocycles. The Labute approximate surface area is 154 Å². The molecule has 0 fully saturated rings. The van der Waals surface area contributed by atoms with Crippen molar-refractivity contribution < 1.29 is 4.79 Å². The molecule has 2 aromatic heterocycles. The summed E-state index contributed by atoms with van der Waals surface area (Å²) in [5.41, 5.74) is 6.73. The second-order valence-corrected chi connectivity index (χ2v) is 6.01. The number of amides is 1. The number of nitrogens with one attached hydrogen (secondary N) is 1. The summed E-state index contributed by atoms with van der Waals surface area (Å²) in [6.07, 6.45) is 3.43.